The van der Waals surface area contributed by atoms with Gasteiger partial charge < -0.3 is 20.9 Å². The van der Waals surface area contributed by atoms with Gasteiger partial charge in [0.25, 0.3) is 0 Å². The van der Waals surface area contributed by atoms with E-state index in [1.807, 2.05) is 37.1 Å². The fourth-order valence-corrected chi connectivity index (χ4v) is 4.78. The SMILES string of the molecule is CC1C[C@@H](C(=O)NCc2ccc3c(c2)nnn3C)N(C(=O)[C@H](N)CCC(=O)N2CCCC2)C1. The summed E-state index contributed by atoms with van der Waals surface area (Å²) >= 11 is 0. The van der Waals surface area contributed by atoms with Crippen LogP contribution in [0.25, 0.3) is 11.0 Å². The van der Waals surface area contributed by atoms with Crippen molar-refractivity contribution >= 4 is 28.8 Å². The fraction of sp³-hybridized carbons (Fsp3) is 0.609. The molecule has 0 spiro atoms. The molecule has 2 aliphatic heterocycles. The molecule has 2 saturated heterocycles. The van der Waals surface area contributed by atoms with Gasteiger partial charge in [-0.2, -0.15) is 0 Å². The number of carbonyl (C=O) groups excluding carboxylic acids is 3. The molecule has 0 saturated carbocycles. The summed E-state index contributed by atoms with van der Waals surface area (Å²) < 4.78 is 1.70. The standard InChI is InChI=1S/C23H33N7O3/c1-15-11-20(22(32)25-13-16-5-7-19-18(12-16)26-27-28(19)2)30(14-15)23(33)17(24)6-8-21(31)29-9-3-4-10-29/h5,7,12,15,17,20H,3-4,6,8-11,13-14,24H2,1-2H3,(H,25,32)/t15?,17-,20+/m1/s1. The number of likely N-dealkylation sites (tertiary alicyclic amines) is 2. The van der Waals surface area contributed by atoms with Gasteiger partial charge >= 0.3 is 0 Å². The van der Waals surface area contributed by atoms with Crippen molar-refractivity contribution < 1.29 is 14.4 Å². The predicted molar refractivity (Wildman–Crippen MR) is 123 cm³/mol. The first-order valence-corrected chi connectivity index (χ1v) is 11.7. The van der Waals surface area contributed by atoms with E-state index in [0.29, 0.717) is 25.9 Å². The molecule has 0 aliphatic carbocycles. The molecule has 3 amide bonds. The van der Waals surface area contributed by atoms with Crippen molar-refractivity contribution in [3.8, 4) is 0 Å². The molecular weight excluding hydrogens is 422 g/mol. The summed E-state index contributed by atoms with van der Waals surface area (Å²) in [5, 5.41) is 11.1. The Bertz CT molecular complexity index is 1030. The molecule has 1 aromatic heterocycles. The highest BCUT2D eigenvalue weighted by Crippen LogP contribution is 2.24. The average molecular weight is 456 g/mol. The zero-order chi connectivity index (χ0) is 23.5. The van der Waals surface area contributed by atoms with Crippen LogP contribution in [-0.2, 0) is 28.0 Å². The molecule has 0 radical (unpaired) electrons. The van der Waals surface area contributed by atoms with Crippen LogP contribution in [0.15, 0.2) is 18.2 Å². The number of benzene rings is 1. The molecule has 3 atom stereocenters. The minimum atomic E-state index is -0.781. The Kier molecular flexibility index (Phi) is 6.92. The Morgan fingerprint density at radius 3 is 2.76 bits per heavy atom. The van der Waals surface area contributed by atoms with Crippen molar-refractivity contribution in [2.45, 2.75) is 57.7 Å². The topological polar surface area (TPSA) is 126 Å². The van der Waals surface area contributed by atoms with Crippen LogP contribution in [-0.4, -0.2) is 74.2 Å². The number of nitrogens with two attached hydrogens (primary N) is 1. The van der Waals surface area contributed by atoms with E-state index in [4.69, 9.17) is 5.73 Å². The fourth-order valence-electron chi connectivity index (χ4n) is 4.78. The van der Waals surface area contributed by atoms with Crippen LogP contribution in [0.3, 0.4) is 0 Å². The summed E-state index contributed by atoms with van der Waals surface area (Å²) in [5.74, 6) is -0.180. The molecule has 1 aromatic carbocycles. The number of nitrogens with zero attached hydrogens (tertiary/aromatic N) is 5. The number of aryl methyl sites for hydroxylation is 1. The summed E-state index contributed by atoms with van der Waals surface area (Å²) in [5.41, 5.74) is 8.77. The Balaban J connectivity index is 1.32. The first-order valence-electron chi connectivity index (χ1n) is 11.7. The summed E-state index contributed by atoms with van der Waals surface area (Å²) in [7, 11) is 1.83. The van der Waals surface area contributed by atoms with E-state index < -0.39 is 12.1 Å². The first kappa shape index (κ1) is 23.2. The normalized spacial score (nSPS) is 21.5. The number of aromatic nitrogens is 3. The second kappa shape index (κ2) is 9.86. The van der Waals surface area contributed by atoms with E-state index >= 15 is 0 Å². The van der Waals surface area contributed by atoms with Crippen molar-refractivity contribution in [1.82, 2.24) is 30.1 Å². The molecule has 1 unspecified atom stereocenters. The zero-order valence-corrected chi connectivity index (χ0v) is 19.4. The van der Waals surface area contributed by atoms with Gasteiger partial charge in [-0.05, 0) is 49.3 Å². The lowest BCUT2D eigenvalue weighted by Crippen LogP contribution is -2.51. The number of hydrogen-bond acceptors (Lipinski definition) is 6. The lowest BCUT2D eigenvalue weighted by molar-refractivity contribution is -0.140. The van der Waals surface area contributed by atoms with Crippen LogP contribution < -0.4 is 11.1 Å². The minimum Gasteiger partial charge on any atom is -0.350 e. The van der Waals surface area contributed by atoms with Gasteiger partial charge in [-0.15, -0.1) is 5.10 Å². The monoisotopic (exact) mass is 455 g/mol. The molecule has 0 bridgehead atoms. The number of nitrogens with one attached hydrogen (secondary N) is 1. The van der Waals surface area contributed by atoms with Crippen molar-refractivity contribution in [1.29, 1.82) is 0 Å². The van der Waals surface area contributed by atoms with Crippen molar-refractivity contribution in [2.24, 2.45) is 18.7 Å². The number of amides is 3. The third-order valence-corrected chi connectivity index (χ3v) is 6.68. The van der Waals surface area contributed by atoms with E-state index in [9.17, 15) is 14.4 Å². The molecular formula is C23H33N7O3. The second-order valence-corrected chi connectivity index (χ2v) is 9.33. The molecule has 178 valence electrons. The highest BCUT2D eigenvalue weighted by molar-refractivity contribution is 5.90. The lowest BCUT2D eigenvalue weighted by Gasteiger charge is -2.27. The predicted octanol–water partition coefficient (Wildman–Crippen LogP) is 0.551. The third-order valence-electron chi connectivity index (χ3n) is 6.68. The van der Waals surface area contributed by atoms with E-state index in [-0.39, 0.29) is 30.1 Å². The third kappa shape index (κ3) is 5.16. The molecule has 2 aliphatic rings. The minimum absolute atomic E-state index is 0.0555. The summed E-state index contributed by atoms with van der Waals surface area (Å²) in [6.45, 7) is 4.44. The van der Waals surface area contributed by atoms with Crippen LogP contribution in [0.2, 0.25) is 0 Å². The van der Waals surface area contributed by atoms with E-state index in [1.54, 1.807) is 9.58 Å². The maximum absolute atomic E-state index is 13.0. The summed E-state index contributed by atoms with van der Waals surface area (Å²) in [4.78, 5) is 41.7. The largest absolute Gasteiger partial charge is 0.350 e. The smallest absolute Gasteiger partial charge is 0.243 e. The van der Waals surface area contributed by atoms with E-state index in [2.05, 4.69) is 15.6 Å². The zero-order valence-electron chi connectivity index (χ0n) is 19.4. The number of rotatable bonds is 7. The molecule has 10 nitrogen and oxygen atoms in total. The van der Waals surface area contributed by atoms with Crippen molar-refractivity contribution in [3.05, 3.63) is 23.8 Å². The Hall–Kier alpha value is -3.01. The molecule has 33 heavy (non-hydrogen) atoms. The van der Waals surface area contributed by atoms with Gasteiger partial charge in [0.2, 0.25) is 17.7 Å². The number of carbonyl (C=O) groups is 3. The Morgan fingerprint density at radius 1 is 1.24 bits per heavy atom. The molecule has 3 N–H and O–H groups in total. The van der Waals surface area contributed by atoms with Crippen LogP contribution >= 0.6 is 0 Å². The maximum atomic E-state index is 13.0. The number of hydrogen-bond donors (Lipinski definition) is 2. The van der Waals surface area contributed by atoms with Crippen molar-refractivity contribution in [3.63, 3.8) is 0 Å². The van der Waals surface area contributed by atoms with Gasteiger partial charge in [0.15, 0.2) is 0 Å². The summed E-state index contributed by atoms with van der Waals surface area (Å²) in [6, 6.07) is 4.42. The lowest BCUT2D eigenvalue weighted by atomic mass is 10.1. The van der Waals surface area contributed by atoms with E-state index in [1.165, 1.54) is 0 Å². The van der Waals surface area contributed by atoms with Gasteiger partial charge in [-0.25, -0.2) is 4.68 Å². The van der Waals surface area contributed by atoms with E-state index in [0.717, 1.165) is 42.5 Å². The highest BCUT2D eigenvalue weighted by atomic mass is 16.2. The highest BCUT2D eigenvalue weighted by Gasteiger charge is 2.39. The van der Waals surface area contributed by atoms with Gasteiger partial charge in [0.05, 0.1) is 11.6 Å². The molecule has 10 heteroatoms. The molecule has 4 rings (SSSR count). The summed E-state index contributed by atoms with van der Waals surface area (Å²) in [6.07, 6.45) is 3.22. The van der Waals surface area contributed by atoms with Crippen LogP contribution in [0.4, 0.5) is 0 Å². The van der Waals surface area contributed by atoms with Crippen LogP contribution in [0.1, 0.15) is 44.6 Å². The van der Waals surface area contributed by atoms with Crippen LogP contribution in [0.5, 0.6) is 0 Å². The van der Waals surface area contributed by atoms with Gasteiger partial charge in [0.1, 0.15) is 11.6 Å². The van der Waals surface area contributed by atoms with Crippen LogP contribution in [0, 0.1) is 5.92 Å². The molecule has 2 aromatic rings. The second-order valence-electron chi connectivity index (χ2n) is 9.33. The van der Waals surface area contributed by atoms with Gasteiger partial charge in [0, 0.05) is 39.6 Å². The maximum Gasteiger partial charge on any atom is 0.243 e. The molecule has 3 heterocycles. The van der Waals surface area contributed by atoms with Crippen molar-refractivity contribution in [2.75, 3.05) is 19.6 Å². The first-order chi connectivity index (χ1) is 15.8. The Labute approximate surface area is 193 Å². The van der Waals surface area contributed by atoms with Gasteiger partial charge in [-0.1, -0.05) is 18.2 Å². The number of fused-ring (bicyclic) bond motifs is 1. The average Bonchev–Trinajstić information content (AvgIpc) is 3.55. The Morgan fingerprint density at radius 2 is 2.00 bits per heavy atom. The quantitative estimate of drug-likeness (QED) is 0.628. The van der Waals surface area contributed by atoms with Gasteiger partial charge in [-0.3, -0.25) is 14.4 Å². The molecule has 2 fully saturated rings.